The predicted octanol–water partition coefficient (Wildman–Crippen LogP) is 0.855. The van der Waals surface area contributed by atoms with Crippen molar-refractivity contribution in [2.24, 2.45) is 0 Å². The summed E-state index contributed by atoms with van der Waals surface area (Å²) < 4.78 is 5.34. The molecule has 6 nitrogen and oxygen atoms in total. The fourth-order valence-corrected chi connectivity index (χ4v) is 2.43. The van der Waals surface area contributed by atoms with Crippen LogP contribution in [-0.2, 0) is 9.53 Å². The molecule has 2 heterocycles. The van der Waals surface area contributed by atoms with Crippen LogP contribution in [0, 0.1) is 0 Å². The van der Waals surface area contributed by atoms with Gasteiger partial charge in [-0.3, -0.25) is 9.59 Å². The average molecular weight is 310 g/mol. The van der Waals surface area contributed by atoms with E-state index in [2.05, 4.69) is 10.3 Å². The number of rotatable bonds is 3. The summed E-state index contributed by atoms with van der Waals surface area (Å²) in [5, 5.41) is 3.17. The van der Waals surface area contributed by atoms with Crippen LogP contribution in [0.3, 0.4) is 0 Å². The number of halogens is 1. The Morgan fingerprint density at radius 1 is 1.38 bits per heavy atom. The van der Waals surface area contributed by atoms with Gasteiger partial charge in [-0.1, -0.05) is 17.7 Å². The fourth-order valence-electron chi connectivity index (χ4n) is 2.26. The molecule has 0 spiro atoms. The molecule has 1 aromatic rings. The maximum Gasteiger partial charge on any atom is 0.273 e. The molecule has 1 atom stereocenters. The van der Waals surface area contributed by atoms with Crippen molar-refractivity contribution in [2.75, 3.05) is 19.8 Å². The minimum atomic E-state index is -0.604. The first kappa shape index (κ1) is 14.3. The Morgan fingerprint density at radius 3 is 2.90 bits per heavy atom. The number of nitrogens with zero attached hydrogens (tertiary/aromatic N) is 2. The number of hydrogen-bond acceptors (Lipinski definition) is 4. The van der Waals surface area contributed by atoms with Gasteiger partial charge in [0.05, 0.1) is 13.2 Å². The van der Waals surface area contributed by atoms with E-state index < -0.39 is 6.04 Å². The van der Waals surface area contributed by atoms with E-state index in [1.807, 2.05) is 0 Å². The zero-order valence-electron chi connectivity index (χ0n) is 11.4. The summed E-state index contributed by atoms with van der Waals surface area (Å²) in [6.07, 6.45) is 2.01. The van der Waals surface area contributed by atoms with Crippen LogP contribution in [0.1, 0.15) is 23.3 Å². The number of morpholine rings is 1. The van der Waals surface area contributed by atoms with Gasteiger partial charge in [0.25, 0.3) is 5.91 Å². The van der Waals surface area contributed by atoms with Crippen molar-refractivity contribution in [3.8, 4) is 0 Å². The van der Waals surface area contributed by atoms with E-state index in [9.17, 15) is 9.59 Å². The molecule has 2 aliphatic rings. The zero-order chi connectivity index (χ0) is 14.8. The minimum absolute atomic E-state index is 0.160. The summed E-state index contributed by atoms with van der Waals surface area (Å²) in [7, 11) is 0. The van der Waals surface area contributed by atoms with Gasteiger partial charge in [0, 0.05) is 12.6 Å². The number of aromatic nitrogens is 1. The monoisotopic (exact) mass is 309 g/mol. The molecule has 1 saturated heterocycles. The number of pyridine rings is 1. The van der Waals surface area contributed by atoms with Crippen molar-refractivity contribution >= 4 is 23.4 Å². The Kier molecular flexibility index (Phi) is 4.07. The highest BCUT2D eigenvalue weighted by Crippen LogP contribution is 2.20. The molecule has 3 rings (SSSR count). The van der Waals surface area contributed by atoms with Gasteiger partial charge in [-0.15, -0.1) is 0 Å². The number of nitrogens with one attached hydrogen (secondary N) is 1. The quantitative estimate of drug-likeness (QED) is 0.841. The van der Waals surface area contributed by atoms with Crippen LogP contribution >= 0.6 is 11.6 Å². The van der Waals surface area contributed by atoms with Crippen molar-refractivity contribution in [1.82, 2.24) is 15.2 Å². The van der Waals surface area contributed by atoms with Gasteiger partial charge in [0.15, 0.2) is 0 Å². The van der Waals surface area contributed by atoms with Crippen LogP contribution in [-0.4, -0.2) is 53.5 Å². The van der Waals surface area contributed by atoms with E-state index in [0.717, 1.165) is 12.8 Å². The first-order chi connectivity index (χ1) is 10.1. The first-order valence-electron chi connectivity index (χ1n) is 6.97. The van der Waals surface area contributed by atoms with E-state index in [1.165, 1.54) is 4.90 Å². The van der Waals surface area contributed by atoms with Crippen molar-refractivity contribution in [2.45, 2.75) is 24.9 Å². The molecule has 2 amide bonds. The molecular formula is C14H16ClN3O3. The highest BCUT2D eigenvalue weighted by atomic mass is 35.5. The highest BCUT2D eigenvalue weighted by molar-refractivity contribution is 6.29. The van der Waals surface area contributed by atoms with Gasteiger partial charge < -0.3 is 15.0 Å². The molecule has 1 N–H and O–H groups in total. The number of carbonyl (C=O) groups is 2. The second-order valence-electron chi connectivity index (χ2n) is 5.22. The molecule has 7 heteroatoms. The smallest absolute Gasteiger partial charge is 0.273 e. The molecule has 2 fully saturated rings. The van der Waals surface area contributed by atoms with Gasteiger partial charge in [-0.05, 0) is 25.0 Å². The fraction of sp³-hybridized carbons (Fsp3) is 0.500. The molecule has 112 valence electrons. The highest BCUT2D eigenvalue weighted by Gasteiger charge is 2.36. The Labute approximate surface area is 127 Å². The van der Waals surface area contributed by atoms with E-state index in [-0.39, 0.29) is 35.3 Å². The van der Waals surface area contributed by atoms with Crippen molar-refractivity contribution in [1.29, 1.82) is 0 Å². The first-order valence-corrected chi connectivity index (χ1v) is 7.34. The largest absolute Gasteiger partial charge is 0.377 e. The van der Waals surface area contributed by atoms with Crippen LogP contribution in [0.25, 0.3) is 0 Å². The second-order valence-corrected chi connectivity index (χ2v) is 5.60. The summed E-state index contributed by atoms with van der Waals surface area (Å²) in [5.74, 6) is -0.454. The summed E-state index contributed by atoms with van der Waals surface area (Å²) >= 11 is 5.82. The summed E-state index contributed by atoms with van der Waals surface area (Å²) in [6, 6.07) is 4.52. The van der Waals surface area contributed by atoms with Gasteiger partial charge >= 0.3 is 0 Å². The predicted molar refractivity (Wildman–Crippen MR) is 76.1 cm³/mol. The van der Waals surface area contributed by atoms with Crippen LogP contribution in [0.4, 0.5) is 0 Å². The van der Waals surface area contributed by atoms with Crippen LogP contribution in [0.15, 0.2) is 18.2 Å². The molecular weight excluding hydrogens is 294 g/mol. The summed E-state index contributed by atoms with van der Waals surface area (Å²) in [5.41, 5.74) is 0.244. The van der Waals surface area contributed by atoms with E-state index >= 15 is 0 Å². The van der Waals surface area contributed by atoms with Crippen LogP contribution < -0.4 is 5.32 Å². The third-order valence-corrected chi connectivity index (χ3v) is 3.76. The topological polar surface area (TPSA) is 71.5 Å². The van der Waals surface area contributed by atoms with Crippen LogP contribution in [0.2, 0.25) is 5.15 Å². The number of carbonyl (C=O) groups excluding carboxylic acids is 2. The standard InChI is InChI=1S/C14H16ClN3O3/c15-12-3-1-2-10(17-12)14(20)18-6-7-21-8-11(18)13(19)16-9-4-5-9/h1-3,9,11H,4-8H2,(H,16,19). The average Bonchev–Trinajstić information content (AvgIpc) is 3.30. The molecule has 1 saturated carbocycles. The molecule has 1 aliphatic carbocycles. The molecule has 21 heavy (non-hydrogen) atoms. The van der Waals surface area contributed by atoms with E-state index in [1.54, 1.807) is 18.2 Å². The third kappa shape index (κ3) is 3.33. The second kappa shape index (κ2) is 5.99. The zero-order valence-corrected chi connectivity index (χ0v) is 12.2. The Balaban J connectivity index is 1.76. The van der Waals surface area contributed by atoms with Crippen LogP contribution in [0.5, 0.6) is 0 Å². The molecule has 1 aromatic heterocycles. The SMILES string of the molecule is O=C(NC1CC1)C1COCCN1C(=O)c1cccc(Cl)n1. The molecule has 1 unspecified atom stereocenters. The lowest BCUT2D eigenvalue weighted by Crippen LogP contribution is -2.56. The lowest BCUT2D eigenvalue weighted by molar-refractivity contribution is -0.130. The molecule has 0 aromatic carbocycles. The minimum Gasteiger partial charge on any atom is -0.377 e. The Bertz CT molecular complexity index is 562. The molecule has 0 bridgehead atoms. The summed E-state index contributed by atoms with van der Waals surface area (Å²) in [6.45, 7) is 1.00. The van der Waals surface area contributed by atoms with Crippen molar-refractivity contribution < 1.29 is 14.3 Å². The van der Waals surface area contributed by atoms with Gasteiger partial charge in [-0.25, -0.2) is 4.98 Å². The Morgan fingerprint density at radius 2 is 2.19 bits per heavy atom. The van der Waals surface area contributed by atoms with Gasteiger partial charge in [-0.2, -0.15) is 0 Å². The lowest BCUT2D eigenvalue weighted by atomic mass is 10.2. The number of hydrogen-bond donors (Lipinski definition) is 1. The lowest BCUT2D eigenvalue weighted by Gasteiger charge is -2.34. The molecule has 1 aliphatic heterocycles. The maximum absolute atomic E-state index is 12.5. The van der Waals surface area contributed by atoms with Crippen molar-refractivity contribution in [3.63, 3.8) is 0 Å². The normalized spacial score (nSPS) is 22.0. The van der Waals surface area contributed by atoms with E-state index in [4.69, 9.17) is 16.3 Å². The number of amides is 2. The maximum atomic E-state index is 12.5. The molecule has 0 radical (unpaired) electrons. The van der Waals surface area contributed by atoms with E-state index in [0.29, 0.717) is 13.2 Å². The summed E-state index contributed by atoms with van der Waals surface area (Å²) in [4.78, 5) is 30.3. The van der Waals surface area contributed by atoms with Crippen molar-refractivity contribution in [3.05, 3.63) is 29.0 Å². The van der Waals surface area contributed by atoms with Gasteiger partial charge in [0.1, 0.15) is 16.9 Å². The third-order valence-electron chi connectivity index (χ3n) is 3.55. The Hall–Kier alpha value is -1.66. The van der Waals surface area contributed by atoms with Gasteiger partial charge in [0.2, 0.25) is 5.91 Å². The number of ether oxygens (including phenoxy) is 1.